The average molecular weight is 539 g/mol. The summed E-state index contributed by atoms with van der Waals surface area (Å²) in [5.41, 5.74) is -3.42. The number of fused-ring (bicyclic) bond motifs is 1. The summed E-state index contributed by atoms with van der Waals surface area (Å²) in [5.74, 6) is -14.3. The van der Waals surface area contributed by atoms with E-state index in [0.717, 1.165) is 4.90 Å². The van der Waals surface area contributed by atoms with Crippen LogP contribution >= 0.6 is 0 Å². The van der Waals surface area contributed by atoms with Crippen LogP contribution in [-0.2, 0) is 12.3 Å². The number of aliphatic hydroxyl groups is 5. The maximum atomic E-state index is 13.2. The molecular formula is C24H29NO13. The number of methoxy groups -OCH3 is 2. The Kier molecular flexibility index (Phi) is 6.54. The number of carbonyl (C=O) groups excluding carboxylic acids is 1. The molecule has 0 amide bonds. The molecule has 14 nitrogen and oxygen atoms in total. The van der Waals surface area contributed by atoms with Crippen molar-refractivity contribution in [3.05, 3.63) is 28.8 Å². The first-order valence-electron chi connectivity index (χ1n) is 11.5. The van der Waals surface area contributed by atoms with E-state index in [1.54, 1.807) is 0 Å². The standard InChI is InChI=1S/C24H29NO13/c1-37-13-7-10-9-22(32,21(31)12(10)8-14(13)38-2)23(33,34)11-3-5-25(6-4-11)24(35,36)15-16(26)18(28)20(30)19(29)17(15)27/h7-8,11,26-30,32-36H,3-6,9H2,1-2H3. The van der Waals surface area contributed by atoms with Gasteiger partial charge in [0, 0.05) is 31.0 Å². The van der Waals surface area contributed by atoms with Gasteiger partial charge in [0.25, 0.3) is 5.91 Å². The fourth-order valence-electron chi connectivity index (χ4n) is 5.25. The Morgan fingerprint density at radius 1 is 0.842 bits per heavy atom. The molecule has 208 valence electrons. The molecule has 4 rings (SSSR count). The van der Waals surface area contributed by atoms with Gasteiger partial charge in [-0.1, -0.05) is 0 Å². The largest absolute Gasteiger partial charge is 0.504 e. The van der Waals surface area contributed by atoms with Crippen LogP contribution in [0, 0.1) is 5.92 Å². The number of rotatable bonds is 6. The van der Waals surface area contributed by atoms with Gasteiger partial charge < -0.3 is 60.5 Å². The zero-order chi connectivity index (χ0) is 28.4. The molecule has 1 unspecified atom stereocenters. The van der Waals surface area contributed by atoms with E-state index in [0.29, 0.717) is 5.56 Å². The van der Waals surface area contributed by atoms with Gasteiger partial charge in [0.1, 0.15) is 5.56 Å². The van der Waals surface area contributed by atoms with Gasteiger partial charge in [-0.15, -0.1) is 0 Å². The first-order valence-corrected chi connectivity index (χ1v) is 11.5. The van der Waals surface area contributed by atoms with Gasteiger partial charge in [-0.2, -0.15) is 0 Å². The lowest BCUT2D eigenvalue weighted by Crippen LogP contribution is -2.64. The molecule has 2 aromatic rings. The molecule has 38 heavy (non-hydrogen) atoms. The van der Waals surface area contributed by atoms with Gasteiger partial charge in [0.15, 0.2) is 28.6 Å². The van der Waals surface area contributed by atoms with Crippen LogP contribution in [0.5, 0.6) is 40.2 Å². The van der Waals surface area contributed by atoms with E-state index in [1.165, 1.54) is 26.4 Å². The van der Waals surface area contributed by atoms with Crippen LogP contribution in [0.15, 0.2) is 12.1 Å². The number of nitrogens with zero attached hydrogens (tertiary/aromatic N) is 1. The lowest BCUT2D eigenvalue weighted by atomic mass is 9.76. The highest BCUT2D eigenvalue weighted by Gasteiger charge is 2.62. The topological polar surface area (TPSA) is 241 Å². The van der Waals surface area contributed by atoms with E-state index < -0.39 is 69.7 Å². The van der Waals surface area contributed by atoms with Crippen molar-refractivity contribution in [3.8, 4) is 40.2 Å². The molecule has 1 saturated heterocycles. The minimum atomic E-state index is -3.20. The Labute approximate surface area is 215 Å². The van der Waals surface area contributed by atoms with Crippen molar-refractivity contribution >= 4 is 5.78 Å². The lowest BCUT2D eigenvalue weighted by molar-refractivity contribution is -0.310. The van der Waals surface area contributed by atoms with Crippen LogP contribution in [0.1, 0.15) is 34.3 Å². The van der Waals surface area contributed by atoms with Crippen molar-refractivity contribution in [2.45, 2.75) is 36.6 Å². The van der Waals surface area contributed by atoms with Crippen LogP contribution in [-0.4, -0.2) is 100 Å². The van der Waals surface area contributed by atoms with E-state index >= 15 is 0 Å². The molecule has 0 saturated carbocycles. The molecule has 2 aliphatic rings. The fraction of sp³-hybridized carbons (Fsp3) is 0.458. The van der Waals surface area contributed by atoms with Crippen molar-refractivity contribution in [3.63, 3.8) is 0 Å². The molecule has 1 atom stereocenters. The van der Waals surface area contributed by atoms with E-state index in [-0.39, 0.29) is 43.0 Å². The van der Waals surface area contributed by atoms with Gasteiger partial charge in [-0.05, 0) is 30.5 Å². The quantitative estimate of drug-likeness (QED) is 0.119. The summed E-state index contributed by atoms with van der Waals surface area (Å²) >= 11 is 0. The molecule has 1 fully saturated rings. The van der Waals surface area contributed by atoms with Gasteiger partial charge in [0.2, 0.25) is 28.8 Å². The SMILES string of the molecule is COc1cc2c(cc1OC)C(=O)C(O)(C(O)(O)C1CCN(C(O)(O)c3c(O)c(O)c(O)c(O)c3O)CC1)C2. The number of likely N-dealkylation sites (tertiary alicyclic amines) is 1. The van der Waals surface area contributed by atoms with E-state index in [4.69, 9.17) is 9.47 Å². The van der Waals surface area contributed by atoms with Gasteiger partial charge in [-0.3, -0.25) is 4.79 Å². The number of phenols is 5. The minimum Gasteiger partial charge on any atom is -0.504 e. The molecule has 1 aliphatic heterocycles. The van der Waals surface area contributed by atoms with E-state index in [1.807, 2.05) is 0 Å². The highest BCUT2D eigenvalue weighted by Crippen LogP contribution is 2.54. The minimum absolute atomic E-state index is 0.0256. The number of hydrogen-bond donors (Lipinski definition) is 10. The number of benzene rings is 2. The summed E-state index contributed by atoms with van der Waals surface area (Å²) in [6.45, 7) is -0.665. The summed E-state index contributed by atoms with van der Waals surface area (Å²) in [5, 5.41) is 104. The predicted octanol–water partition coefficient (Wildman–Crippen LogP) is -1.11. The third-order valence-electron chi connectivity index (χ3n) is 7.50. The number of hydrogen-bond acceptors (Lipinski definition) is 14. The number of ketones is 1. The van der Waals surface area contributed by atoms with Crippen molar-refractivity contribution in [1.82, 2.24) is 4.90 Å². The summed E-state index contributed by atoms with van der Waals surface area (Å²) in [7, 11) is 2.74. The number of carbonyl (C=O) groups is 1. The zero-order valence-electron chi connectivity index (χ0n) is 20.4. The van der Waals surface area contributed by atoms with Crippen molar-refractivity contribution in [2.24, 2.45) is 5.92 Å². The normalized spacial score (nSPS) is 21.0. The van der Waals surface area contributed by atoms with Crippen LogP contribution in [0.4, 0.5) is 0 Å². The van der Waals surface area contributed by atoms with Gasteiger partial charge in [-0.25, -0.2) is 4.90 Å². The van der Waals surface area contributed by atoms with Crippen LogP contribution in [0.25, 0.3) is 0 Å². The number of aromatic hydroxyl groups is 5. The number of phenolic OH excluding ortho intramolecular Hbond substituents is 5. The van der Waals surface area contributed by atoms with Gasteiger partial charge >= 0.3 is 0 Å². The third kappa shape index (κ3) is 3.76. The number of ether oxygens (including phenoxy) is 2. The monoisotopic (exact) mass is 539 g/mol. The molecule has 0 spiro atoms. The Morgan fingerprint density at radius 2 is 1.32 bits per heavy atom. The molecular weight excluding hydrogens is 510 g/mol. The Morgan fingerprint density at radius 3 is 1.82 bits per heavy atom. The van der Waals surface area contributed by atoms with Crippen LogP contribution in [0.3, 0.4) is 0 Å². The Hall–Kier alpha value is -3.53. The molecule has 0 bridgehead atoms. The molecule has 0 radical (unpaired) electrons. The third-order valence-corrected chi connectivity index (χ3v) is 7.50. The first-order chi connectivity index (χ1) is 17.6. The maximum Gasteiger partial charge on any atom is 0.261 e. The van der Waals surface area contributed by atoms with E-state index in [2.05, 4.69) is 0 Å². The van der Waals surface area contributed by atoms with Crippen molar-refractivity contribution < 1.29 is 65.3 Å². The molecule has 2 aromatic carbocycles. The van der Waals surface area contributed by atoms with Crippen LogP contribution < -0.4 is 9.47 Å². The fourth-order valence-corrected chi connectivity index (χ4v) is 5.25. The van der Waals surface area contributed by atoms with Crippen LogP contribution in [0.2, 0.25) is 0 Å². The van der Waals surface area contributed by atoms with Crippen molar-refractivity contribution in [2.75, 3.05) is 27.3 Å². The Bertz CT molecular complexity index is 1250. The summed E-state index contributed by atoms with van der Waals surface area (Å²) < 4.78 is 10.4. The Balaban J connectivity index is 1.58. The second kappa shape index (κ2) is 9.04. The summed E-state index contributed by atoms with van der Waals surface area (Å²) in [6, 6.07) is 2.79. The molecule has 14 heteroatoms. The molecule has 0 aromatic heterocycles. The lowest BCUT2D eigenvalue weighted by Gasteiger charge is -2.46. The first kappa shape index (κ1) is 27.5. The highest BCUT2D eigenvalue weighted by molar-refractivity contribution is 6.08. The van der Waals surface area contributed by atoms with Gasteiger partial charge in [0.05, 0.1) is 14.2 Å². The van der Waals surface area contributed by atoms with E-state index in [9.17, 15) is 55.9 Å². The number of Topliss-reactive ketones (excluding diaryl/α,β-unsaturated/α-hetero) is 1. The molecule has 10 N–H and O–H groups in total. The highest BCUT2D eigenvalue weighted by atomic mass is 16.5. The summed E-state index contributed by atoms with van der Waals surface area (Å²) in [6.07, 6.45) is -0.871. The molecule has 1 aliphatic carbocycles. The summed E-state index contributed by atoms with van der Waals surface area (Å²) in [4.78, 5) is 14.0. The predicted molar refractivity (Wildman–Crippen MR) is 125 cm³/mol. The molecule has 1 heterocycles. The second-order valence-electron chi connectivity index (χ2n) is 9.47. The average Bonchev–Trinajstić information content (AvgIpc) is 3.15. The van der Waals surface area contributed by atoms with Crippen molar-refractivity contribution in [1.29, 1.82) is 0 Å². The zero-order valence-corrected chi connectivity index (χ0v) is 20.4. The number of piperidine rings is 1. The maximum absolute atomic E-state index is 13.2. The second-order valence-corrected chi connectivity index (χ2v) is 9.47. The smallest absolute Gasteiger partial charge is 0.261 e.